The second kappa shape index (κ2) is 8.56. The molecule has 0 spiro atoms. The number of ether oxygens (including phenoxy) is 1. The summed E-state index contributed by atoms with van der Waals surface area (Å²) in [4.78, 5) is 14.7. The van der Waals surface area contributed by atoms with E-state index in [1.54, 1.807) is 42.5 Å². The molecule has 30 heavy (non-hydrogen) atoms. The van der Waals surface area contributed by atoms with Crippen LogP contribution in [0.1, 0.15) is 18.1 Å². The summed E-state index contributed by atoms with van der Waals surface area (Å²) in [7, 11) is 0. The summed E-state index contributed by atoms with van der Waals surface area (Å²) in [6, 6.07) is 20.8. The predicted octanol–water partition coefficient (Wildman–Crippen LogP) is 6.35. The van der Waals surface area contributed by atoms with E-state index in [-0.39, 0.29) is 11.6 Å². The van der Waals surface area contributed by atoms with E-state index in [0.29, 0.717) is 22.9 Å². The Balaban J connectivity index is 1.77. The number of carbonyl (C=O) groups excluding carboxylic acids is 1. The van der Waals surface area contributed by atoms with Crippen molar-refractivity contribution < 1.29 is 13.9 Å². The van der Waals surface area contributed by atoms with Gasteiger partial charge in [0.1, 0.15) is 11.6 Å². The smallest absolute Gasteiger partial charge is 0.263 e. The first-order chi connectivity index (χ1) is 14.6. The molecule has 3 aromatic rings. The zero-order chi connectivity index (χ0) is 21.1. The molecule has 4 rings (SSSR count). The van der Waals surface area contributed by atoms with Gasteiger partial charge in [-0.2, -0.15) is 0 Å². The van der Waals surface area contributed by atoms with Gasteiger partial charge in [-0.3, -0.25) is 9.69 Å². The summed E-state index contributed by atoms with van der Waals surface area (Å²) in [6.07, 6.45) is 3.56. The van der Waals surface area contributed by atoms with Crippen LogP contribution in [0.15, 0.2) is 84.4 Å². The number of nitrogens with zero attached hydrogens (tertiary/aromatic N) is 1. The highest BCUT2D eigenvalue weighted by atomic mass is 35.5. The van der Waals surface area contributed by atoms with E-state index < -0.39 is 5.82 Å². The fourth-order valence-electron chi connectivity index (χ4n) is 3.33. The first kappa shape index (κ1) is 19.9. The number of para-hydroxylation sites is 1. The van der Waals surface area contributed by atoms with Crippen LogP contribution in [0.2, 0.25) is 5.02 Å². The van der Waals surface area contributed by atoms with E-state index in [1.165, 1.54) is 11.0 Å². The summed E-state index contributed by atoms with van der Waals surface area (Å²) in [5.41, 5.74) is 2.89. The summed E-state index contributed by atoms with van der Waals surface area (Å²) in [6.45, 7) is 2.51. The molecule has 0 atom stereocenters. The second-order valence-corrected chi connectivity index (χ2v) is 7.17. The molecule has 1 aliphatic rings. The van der Waals surface area contributed by atoms with E-state index in [2.05, 4.69) is 0 Å². The van der Waals surface area contributed by atoms with Gasteiger partial charge in [0.05, 0.1) is 18.0 Å². The van der Waals surface area contributed by atoms with Gasteiger partial charge in [0.2, 0.25) is 0 Å². The van der Waals surface area contributed by atoms with E-state index in [9.17, 15) is 9.18 Å². The van der Waals surface area contributed by atoms with Crippen LogP contribution in [0.3, 0.4) is 0 Å². The van der Waals surface area contributed by atoms with Gasteiger partial charge in [-0.05, 0) is 66.6 Å². The van der Waals surface area contributed by atoms with E-state index >= 15 is 0 Å². The Morgan fingerprint density at radius 3 is 2.37 bits per heavy atom. The summed E-state index contributed by atoms with van der Waals surface area (Å²) in [5.74, 6) is 0.00902. The molecule has 0 saturated carbocycles. The van der Waals surface area contributed by atoms with Crippen molar-refractivity contribution in [1.29, 1.82) is 0 Å². The Hall–Kier alpha value is -3.37. The third-order valence-corrected chi connectivity index (χ3v) is 4.98. The number of carbonyl (C=O) groups is 1. The van der Waals surface area contributed by atoms with Crippen LogP contribution in [0.5, 0.6) is 5.75 Å². The fourth-order valence-corrected chi connectivity index (χ4v) is 3.45. The Bertz CT molecular complexity index is 1130. The molecule has 0 saturated heterocycles. The molecule has 1 amide bonds. The minimum absolute atomic E-state index is 0.207. The Labute approximate surface area is 179 Å². The molecule has 0 radical (unpaired) electrons. The molecule has 1 heterocycles. The molecular weight excluding hydrogens is 401 g/mol. The number of amides is 1. The zero-order valence-electron chi connectivity index (χ0n) is 16.3. The van der Waals surface area contributed by atoms with Crippen LogP contribution in [0.4, 0.5) is 10.1 Å². The van der Waals surface area contributed by atoms with Crippen molar-refractivity contribution in [2.24, 2.45) is 0 Å². The van der Waals surface area contributed by atoms with Crippen molar-refractivity contribution >= 4 is 35.0 Å². The summed E-state index contributed by atoms with van der Waals surface area (Å²) >= 11 is 6.02. The molecule has 0 aliphatic carbocycles. The summed E-state index contributed by atoms with van der Waals surface area (Å²) in [5, 5.41) is 0.589. The average Bonchev–Trinajstić information content (AvgIpc) is 3.06. The highest BCUT2D eigenvalue weighted by Crippen LogP contribution is 2.36. The zero-order valence-corrected chi connectivity index (χ0v) is 17.1. The molecule has 150 valence electrons. The van der Waals surface area contributed by atoms with Gasteiger partial charge in [-0.15, -0.1) is 0 Å². The minimum Gasteiger partial charge on any atom is -0.494 e. The number of benzene rings is 3. The molecule has 5 heteroatoms. The van der Waals surface area contributed by atoms with Gasteiger partial charge < -0.3 is 4.74 Å². The van der Waals surface area contributed by atoms with E-state index in [0.717, 1.165) is 16.9 Å². The Morgan fingerprint density at radius 1 is 1.00 bits per heavy atom. The molecule has 3 aromatic carbocycles. The molecule has 3 nitrogen and oxygen atoms in total. The van der Waals surface area contributed by atoms with Crippen molar-refractivity contribution in [3.05, 3.63) is 106 Å². The van der Waals surface area contributed by atoms with Gasteiger partial charge >= 0.3 is 0 Å². The van der Waals surface area contributed by atoms with Crippen molar-refractivity contribution in [2.45, 2.75) is 6.92 Å². The fraction of sp³-hybridized carbons (Fsp3) is 0.0800. The van der Waals surface area contributed by atoms with Crippen LogP contribution in [0.25, 0.3) is 11.8 Å². The van der Waals surface area contributed by atoms with E-state index in [4.69, 9.17) is 16.3 Å². The normalized spacial score (nSPS) is 14.9. The molecular formula is C25H19ClFNO2. The van der Waals surface area contributed by atoms with Crippen LogP contribution in [0, 0.1) is 5.82 Å². The minimum atomic E-state index is -0.465. The molecule has 0 N–H and O–H groups in total. The Kier molecular flexibility index (Phi) is 5.68. The maximum absolute atomic E-state index is 14.6. The number of anilines is 1. The average molecular weight is 420 g/mol. The lowest BCUT2D eigenvalue weighted by Crippen LogP contribution is -2.25. The lowest BCUT2D eigenvalue weighted by molar-refractivity contribution is -0.113. The number of hydrogen-bond donors (Lipinski definition) is 0. The third-order valence-electron chi connectivity index (χ3n) is 4.73. The summed E-state index contributed by atoms with van der Waals surface area (Å²) < 4.78 is 20.0. The van der Waals surface area contributed by atoms with Crippen molar-refractivity contribution in [3.63, 3.8) is 0 Å². The standard InChI is InChI=1S/C25H19ClFNO2/c1-2-30-21-13-7-17(8-14-21)15-19-16-24(18-9-11-20(26)12-10-18)28(25(19)29)23-6-4-3-5-22(23)27/h3-16H,2H2,1H3/b19-15+. The Morgan fingerprint density at radius 2 is 1.70 bits per heavy atom. The van der Waals surface area contributed by atoms with Crippen molar-refractivity contribution in [2.75, 3.05) is 11.5 Å². The molecule has 0 aromatic heterocycles. The highest BCUT2D eigenvalue weighted by Gasteiger charge is 2.31. The quantitative estimate of drug-likeness (QED) is 0.451. The maximum Gasteiger partial charge on any atom is 0.263 e. The second-order valence-electron chi connectivity index (χ2n) is 6.73. The van der Waals surface area contributed by atoms with Crippen molar-refractivity contribution in [1.82, 2.24) is 0 Å². The SMILES string of the molecule is CCOc1ccc(/C=C2\C=C(c3ccc(Cl)cc3)N(c3ccccc3F)C2=O)cc1. The van der Waals surface area contributed by atoms with E-state index in [1.807, 2.05) is 43.3 Å². The van der Waals surface area contributed by atoms with Gasteiger partial charge in [-0.25, -0.2) is 4.39 Å². The van der Waals surface area contributed by atoms with Gasteiger partial charge in [0, 0.05) is 10.6 Å². The van der Waals surface area contributed by atoms with Crippen molar-refractivity contribution in [3.8, 4) is 5.75 Å². The highest BCUT2D eigenvalue weighted by molar-refractivity contribution is 6.30. The number of rotatable bonds is 5. The third kappa shape index (κ3) is 4.00. The van der Waals surface area contributed by atoms with Gasteiger partial charge in [0.25, 0.3) is 5.91 Å². The number of hydrogen-bond acceptors (Lipinski definition) is 2. The molecule has 1 aliphatic heterocycles. The first-order valence-electron chi connectivity index (χ1n) is 9.58. The largest absolute Gasteiger partial charge is 0.494 e. The lowest BCUT2D eigenvalue weighted by Gasteiger charge is -2.21. The van der Waals surface area contributed by atoms with Crippen LogP contribution >= 0.6 is 11.6 Å². The monoisotopic (exact) mass is 419 g/mol. The maximum atomic E-state index is 14.6. The first-order valence-corrected chi connectivity index (χ1v) is 9.96. The van der Waals surface area contributed by atoms with Crippen LogP contribution in [-0.4, -0.2) is 12.5 Å². The molecule has 0 bridgehead atoms. The van der Waals surface area contributed by atoms with Gasteiger partial charge in [-0.1, -0.05) is 48.0 Å². The lowest BCUT2D eigenvalue weighted by atomic mass is 10.1. The van der Waals surface area contributed by atoms with Crippen LogP contribution < -0.4 is 9.64 Å². The number of halogens is 2. The topological polar surface area (TPSA) is 29.5 Å². The molecule has 0 fully saturated rings. The predicted molar refractivity (Wildman–Crippen MR) is 119 cm³/mol. The van der Waals surface area contributed by atoms with Gasteiger partial charge in [0.15, 0.2) is 0 Å². The molecule has 0 unspecified atom stereocenters. The van der Waals surface area contributed by atoms with Crippen LogP contribution in [-0.2, 0) is 4.79 Å².